The van der Waals surface area contributed by atoms with Crippen LogP contribution in [0.15, 0.2) is 53.8 Å². The predicted molar refractivity (Wildman–Crippen MR) is 141 cm³/mol. The van der Waals surface area contributed by atoms with Gasteiger partial charge in [0, 0.05) is 52.2 Å². The van der Waals surface area contributed by atoms with Crippen LogP contribution in [0.2, 0.25) is 0 Å². The van der Waals surface area contributed by atoms with Gasteiger partial charge in [0.25, 0.3) is 0 Å². The SMILES string of the molecule is COCCC(c1cccc(-n2cc3c(C(F)(F)F)cc(CN4CCC[C@H](C)C4)cn3c2=O)c1)c1nncn1C. The van der Waals surface area contributed by atoms with Gasteiger partial charge in [0.2, 0.25) is 0 Å². The molecule has 0 saturated carbocycles. The first-order valence-electron chi connectivity index (χ1n) is 13.1. The molecule has 0 aliphatic carbocycles. The molecule has 11 heteroatoms. The van der Waals surface area contributed by atoms with Gasteiger partial charge in [-0.25, -0.2) is 4.79 Å². The van der Waals surface area contributed by atoms with Crippen molar-refractivity contribution in [3.63, 3.8) is 0 Å². The molecule has 0 spiro atoms. The van der Waals surface area contributed by atoms with Gasteiger partial charge in [0.1, 0.15) is 12.2 Å². The van der Waals surface area contributed by atoms with Crippen molar-refractivity contribution in [1.82, 2.24) is 28.6 Å². The fourth-order valence-corrected chi connectivity index (χ4v) is 5.61. The van der Waals surface area contributed by atoms with Gasteiger partial charge in [0.05, 0.1) is 16.8 Å². The van der Waals surface area contributed by atoms with E-state index in [4.69, 9.17) is 4.74 Å². The molecule has 1 saturated heterocycles. The number of rotatable bonds is 8. The lowest BCUT2D eigenvalue weighted by atomic mass is 9.94. The van der Waals surface area contributed by atoms with Crippen LogP contribution in [-0.2, 0) is 24.5 Å². The molecule has 1 aliphatic rings. The maximum atomic E-state index is 14.2. The minimum atomic E-state index is -4.60. The summed E-state index contributed by atoms with van der Waals surface area (Å²) in [5.74, 6) is 1.05. The second kappa shape index (κ2) is 11.0. The number of halogens is 3. The zero-order valence-corrected chi connectivity index (χ0v) is 22.4. The summed E-state index contributed by atoms with van der Waals surface area (Å²) < 4.78 is 52.1. The van der Waals surface area contributed by atoms with Crippen LogP contribution in [0.5, 0.6) is 0 Å². The van der Waals surface area contributed by atoms with Gasteiger partial charge in [-0.1, -0.05) is 19.1 Å². The molecule has 0 N–H and O–H groups in total. The van der Waals surface area contributed by atoms with Gasteiger partial charge in [-0.3, -0.25) is 13.9 Å². The molecular formula is C28H33F3N6O2. The highest BCUT2D eigenvalue weighted by Crippen LogP contribution is 2.34. The van der Waals surface area contributed by atoms with Crippen LogP contribution in [0.3, 0.4) is 0 Å². The van der Waals surface area contributed by atoms with Gasteiger partial charge in [-0.2, -0.15) is 13.2 Å². The van der Waals surface area contributed by atoms with Crippen LogP contribution in [-0.4, -0.2) is 55.4 Å². The van der Waals surface area contributed by atoms with E-state index in [-0.39, 0.29) is 11.4 Å². The third-order valence-electron chi connectivity index (χ3n) is 7.50. The molecule has 1 unspecified atom stereocenters. The van der Waals surface area contributed by atoms with Crippen molar-refractivity contribution in [1.29, 1.82) is 0 Å². The van der Waals surface area contributed by atoms with E-state index in [1.54, 1.807) is 31.8 Å². The molecule has 1 aliphatic heterocycles. The Labute approximate surface area is 224 Å². The second-order valence-electron chi connectivity index (χ2n) is 10.5. The van der Waals surface area contributed by atoms with Crippen molar-refractivity contribution in [3.05, 3.63) is 82.1 Å². The van der Waals surface area contributed by atoms with E-state index in [1.807, 2.05) is 23.7 Å². The number of aromatic nitrogens is 5. The zero-order chi connectivity index (χ0) is 27.7. The number of pyridine rings is 1. The van der Waals surface area contributed by atoms with Gasteiger partial charge in [-0.05, 0) is 61.1 Å². The zero-order valence-electron chi connectivity index (χ0n) is 22.4. The number of ether oxygens (including phenoxy) is 1. The molecule has 4 heterocycles. The topological polar surface area (TPSA) is 69.6 Å². The Morgan fingerprint density at radius 2 is 2.03 bits per heavy atom. The summed E-state index contributed by atoms with van der Waals surface area (Å²) in [5, 5.41) is 8.25. The quantitative estimate of drug-likeness (QED) is 0.325. The maximum absolute atomic E-state index is 14.2. The number of fused-ring (bicyclic) bond motifs is 1. The molecule has 2 atom stereocenters. The van der Waals surface area contributed by atoms with Crippen LogP contribution in [0.1, 0.15) is 54.6 Å². The van der Waals surface area contributed by atoms with Gasteiger partial charge >= 0.3 is 11.9 Å². The molecule has 8 nitrogen and oxygen atoms in total. The van der Waals surface area contributed by atoms with E-state index in [2.05, 4.69) is 22.0 Å². The van der Waals surface area contributed by atoms with E-state index in [1.165, 1.54) is 16.8 Å². The van der Waals surface area contributed by atoms with Crippen molar-refractivity contribution in [2.24, 2.45) is 13.0 Å². The van der Waals surface area contributed by atoms with Gasteiger partial charge in [-0.15, -0.1) is 10.2 Å². The molecule has 4 aromatic rings. The normalized spacial score (nSPS) is 17.6. The molecule has 0 amide bonds. The maximum Gasteiger partial charge on any atom is 0.418 e. The molecule has 1 fully saturated rings. The van der Waals surface area contributed by atoms with Crippen molar-refractivity contribution in [3.8, 4) is 5.69 Å². The van der Waals surface area contributed by atoms with Crippen molar-refractivity contribution < 1.29 is 17.9 Å². The largest absolute Gasteiger partial charge is 0.418 e. The van der Waals surface area contributed by atoms with Crippen LogP contribution in [0.4, 0.5) is 13.2 Å². The van der Waals surface area contributed by atoms with Crippen LogP contribution in [0, 0.1) is 5.92 Å². The molecule has 5 rings (SSSR count). The Bertz CT molecular complexity index is 1510. The minimum absolute atomic E-state index is 0.169. The summed E-state index contributed by atoms with van der Waals surface area (Å²) >= 11 is 0. The monoisotopic (exact) mass is 542 g/mol. The Balaban J connectivity index is 1.57. The first-order chi connectivity index (χ1) is 18.7. The highest BCUT2D eigenvalue weighted by molar-refractivity contribution is 5.58. The highest BCUT2D eigenvalue weighted by Gasteiger charge is 2.35. The van der Waals surface area contributed by atoms with Crippen LogP contribution >= 0.6 is 0 Å². The Hall–Kier alpha value is -3.44. The third-order valence-corrected chi connectivity index (χ3v) is 7.50. The number of imidazole rings is 1. The first-order valence-corrected chi connectivity index (χ1v) is 13.1. The fourth-order valence-electron chi connectivity index (χ4n) is 5.61. The number of methoxy groups -OCH3 is 1. The number of benzene rings is 1. The van der Waals surface area contributed by atoms with E-state index in [0.29, 0.717) is 36.7 Å². The Kier molecular flexibility index (Phi) is 7.64. The van der Waals surface area contributed by atoms with E-state index < -0.39 is 17.4 Å². The number of hydrogen-bond acceptors (Lipinski definition) is 5. The second-order valence-corrected chi connectivity index (χ2v) is 10.5. The van der Waals surface area contributed by atoms with Crippen LogP contribution in [0.25, 0.3) is 11.2 Å². The molecule has 208 valence electrons. The van der Waals surface area contributed by atoms with Crippen molar-refractivity contribution in [2.75, 3.05) is 26.8 Å². The number of aryl methyl sites for hydroxylation is 1. The lowest BCUT2D eigenvalue weighted by Crippen LogP contribution is -2.34. The number of nitrogens with zero attached hydrogens (tertiary/aromatic N) is 6. The summed E-state index contributed by atoms with van der Waals surface area (Å²) in [6, 6.07) is 8.43. The van der Waals surface area contributed by atoms with Crippen molar-refractivity contribution in [2.45, 2.75) is 44.8 Å². The van der Waals surface area contributed by atoms with Crippen molar-refractivity contribution >= 4 is 5.52 Å². The Morgan fingerprint density at radius 3 is 2.72 bits per heavy atom. The number of alkyl halides is 3. The lowest BCUT2D eigenvalue weighted by molar-refractivity contribution is -0.136. The lowest BCUT2D eigenvalue weighted by Gasteiger charge is -2.31. The van der Waals surface area contributed by atoms with E-state index in [0.717, 1.165) is 41.7 Å². The summed E-state index contributed by atoms with van der Waals surface area (Å²) in [6.07, 6.45) is 2.60. The van der Waals surface area contributed by atoms with Gasteiger partial charge in [0.15, 0.2) is 0 Å². The van der Waals surface area contributed by atoms with E-state index in [9.17, 15) is 18.0 Å². The summed E-state index contributed by atoms with van der Waals surface area (Å²) in [5.41, 5.74) is 0.282. The average Bonchev–Trinajstić information content (AvgIpc) is 3.46. The summed E-state index contributed by atoms with van der Waals surface area (Å²) in [7, 11) is 3.47. The number of likely N-dealkylation sites (tertiary alicyclic amines) is 1. The molecule has 39 heavy (non-hydrogen) atoms. The average molecular weight is 543 g/mol. The fraction of sp³-hybridized carbons (Fsp3) is 0.464. The number of hydrogen-bond donors (Lipinski definition) is 0. The molecule has 3 aromatic heterocycles. The third kappa shape index (κ3) is 5.65. The molecule has 0 bridgehead atoms. The minimum Gasteiger partial charge on any atom is -0.385 e. The predicted octanol–water partition coefficient (Wildman–Crippen LogP) is 4.64. The first kappa shape index (κ1) is 27.1. The highest BCUT2D eigenvalue weighted by atomic mass is 19.4. The molecule has 0 radical (unpaired) electrons. The standard InChI is InChI=1S/C28H33F3N6O2/c1-19-6-5-10-35(14-19)15-20-12-24(28(29,30)31)25-17-36(27(38)37(25)16-20)22-8-4-7-21(13-22)23(9-11-39-3)26-33-32-18-34(26)2/h4,7-8,12-13,16-19,23H,5-6,9-11,14-15H2,1-3H3/t19-,23?/m0/s1. The smallest absolute Gasteiger partial charge is 0.385 e. The molecule has 1 aromatic carbocycles. The Morgan fingerprint density at radius 1 is 1.21 bits per heavy atom. The summed E-state index contributed by atoms with van der Waals surface area (Å²) in [6.45, 7) is 4.67. The van der Waals surface area contributed by atoms with E-state index >= 15 is 0 Å². The van der Waals surface area contributed by atoms with Gasteiger partial charge < -0.3 is 9.30 Å². The summed E-state index contributed by atoms with van der Waals surface area (Å²) in [4.78, 5) is 15.7. The van der Waals surface area contributed by atoms with Crippen LogP contribution < -0.4 is 5.69 Å². The number of piperidine rings is 1. The molecular weight excluding hydrogens is 509 g/mol.